The number of aromatic nitrogens is 2. The number of nitrogens with zero attached hydrogens (tertiary/aromatic N) is 2. The number of alkyl halides is 3. The van der Waals surface area contributed by atoms with E-state index >= 15 is 0 Å². The average molecular weight is 560 g/mol. The molecule has 0 unspecified atom stereocenters. The summed E-state index contributed by atoms with van der Waals surface area (Å²) in [5.74, 6) is 5.73. The molecule has 3 heterocycles. The van der Waals surface area contributed by atoms with Gasteiger partial charge in [0.2, 0.25) is 0 Å². The van der Waals surface area contributed by atoms with Crippen molar-refractivity contribution in [3.05, 3.63) is 52.4 Å². The SMILES string of the molecule is CNC(=O)c1cc(OC)c(NCC#Cc2cc3c(Br)cccn3c2[Se]C(F)(F)F)cn1. The second kappa shape index (κ2) is 9.64. The molecule has 0 fully saturated rings. The molecule has 162 valence electrons. The molecule has 0 bridgehead atoms. The molecule has 2 N–H and O–H groups in total. The molecule has 3 aromatic rings. The van der Waals surface area contributed by atoms with E-state index in [2.05, 4.69) is 43.4 Å². The van der Waals surface area contributed by atoms with Crippen LogP contribution in [0, 0.1) is 11.8 Å². The van der Waals surface area contributed by atoms with Crippen molar-refractivity contribution in [1.29, 1.82) is 0 Å². The molecule has 3 aromatic heterocycles. The van der Waals surface area contributed by atoms with Gasteiger partial charge in [-0.2, -0.15) is 0 Å². The van der Waals surface area contributed by atoms with Gasteiger partial charge in [-0.1, -0.05) is 0 Å². The van der Waals surface area contributed by atoms with Crippen LogP contribution in [0.15, 0.2) is 41.1 Å². The molecule has 0 saturated heterocycles. The molecular weight excluding hydrogens is 544 g/mol. The van der Waals surface area contributed by atoms with Crippen LogP contribution in [-0.4, -0.2) is 56.0 Å². The van der Waals surface area contributed by atoms with E-state index in [0.29, 0.717) is 27.0 Å². The van der Waals surface area contributed by atoms with Crippen molar-refractivity contribution < 1.29 is 22.7 Å². The molecule has 0 aliphatic carbocycles. The van der Waals surface area contributed by atoms with Crippen molar-refractivity contribution in [2.75, 3.05) is 26.0 Å². The molecule has 0 aliphatic heterocycles. The first kappa shape index (κ1) is 23.0. The van der Waals surface area contributed by atoms with E-state index in [0.717, 1.165) is 0 Å². The number of ether oxygens (including phenoxy) is 1. The molecule has 1 amide bonds. The van der Waals surface area contributed by atoms with Crippen molar-refractivity contribution in [2.24, 2.45) is 0 Å². The molecule has 0 radical (unpaired) electrons. The standard InChI is InChI=1S/C20H16BrF3N4O2Se/c1-25-18(29)14-10-17(30-2)15(11-27-14)26-7-3-5-12-9-16-13(21)6-4-8-28(16)19(12)31-20(22,23)24/h4,6,8-11,26H,7H2,1-2H3,(H,25,29). The first-order valence-corrected chi connectivity index (χ1v) is 11.3. The molecule has 3 rings (SSSR count). The van der Waals surface area contributed by atoms with E-state index in [-0.39, 0.29) is 22.7 Å². The average Bonchev–Trinajstić information content (AvgIpc) is 3.07. The number of carbonyl (C=O) groups is 1. The van der Waals surface area contributed by atoms with Gasteiger partial charge < -0.3 is 0 Å². The van der Waals surface area contributed by atoms with Gasteiger partial charge in [0.1, 0.15) is 0 Å². The van der Waals surface area contributed by atoms with Crippen molar-refractivity contribution in [2.45, 2.75) is 5.07 Å². The first-order valence-electron chi connectivity index (χ1n) is 8.77. The molecule has 0 aromatic carbocycles. The van der Waals surface area contributed by atoms with Crippen molar-refractivity contribution >= 4 is 52.6 Å². The molecule has 11 heteroatoms. The third-order valence-electron chi connectivity index (χ3n) is 4.06. The van der Waals surface area contributed by atoms with Crippen molar-refractivity contribution in [1.82, 2.24) is 14.7 Å². The Labute approximate surface area is 190 Å². The Morgan fingerprint density at radius 3 is 2.84 bits per heavy atom. The summed E-state index contributed by atoms with van der Waals surface area (Å²) in [6.45, 7) is 0.142. The summed E-state index contributed by atoms with van der Waals surface area (Å²) in [4.78, 5) is 15.7. The number of methoxy groups -OCH3 is 1. The zero-order valence-electron chi connectivity index (χ0n) is 16.3. The molecule has 0 aliphatic rings. The molecule has 6 nitrogen and oxygen atoms in total. The molecule has 0 saturated carbocycles. The summed E-state index contributed by atoms with van der Waals surface area (Å²) in [5.41, 5.74) is 1.65. The van der Waals surface area contributed by atoms with Crippen LogP contribution in [0.3, 0.4) is 0 Å². The Bertz CT molecular complexity index is 1180. The zero-order valence-corrected chi connectivity index (χ0v) is 19.6. The van der Waals surface area contributed by atoms with Gasteiger partial charge in [0.05, 0.1) is 0 Å². The van der Waals surface area contributed by atoms with Crippen LogP contribution in [0.4, 0.5) is 18.9 Å². The van der Waals surface area contributed by atoms with Crippen LogP contribution >= 0.6 is 15.9 Å². The number of rotatable bonds is 5. The first-order chi connectivity index (χ1) is 14.7. The number of carbonyl (C=O) groups excluding carboxylic acids is 1. The second-order valence-corrected chi connectivity index (χ2v) is 9.09. The van der Waals surface area contributed by atoms with Crippen LogP contribution in [0.1, 0.15) is 16.1 Å². The van der Waals surface area contributed by atoms with E-state index in [9.17, 15) is 18.0 Å². The van der Waals surface area contributed by atoms with Crippen LogP contribution < -0.4 is 20.0 Å². The fourth-order valence-corrected chi connectivity index (χ4v) is 4.63. The Hall–Kier alpha value is -2.67. The Morgan fingerprint density at radius 2 is 2.16 bits per heavy atom. The van der Waals surface area contributed by atoms with Gasteiger partial charge in [0.15, 0.2) is 0 Å². The van der Waals surface area contributed by atoms with Gasteiger partial charge in [-0.05, 0) is 0 Å². The Morgan fingerprint density at radius 1 is 1.39 bits per heavy atom. The molecular formula is C20H16BrF3N4O2Se. The summed E-state index contributed by atoms with van der Waals surface area (Å²) in [5, 5.41) is 1.18. The molecule has 31 heavy (non-hydrogen) atoms. The summed E-state index contributed by atoms with van der Waals surface area (Å²) >= 11 is 1.62. The van der Waals surface area contributed by atoms with Gasteiger partial charge in [-0.25, -0.2) is 0 Å². The predicted molar refractivity (Wildman–Crippen MR) is 116 cm³/mol. The zero-order chi connectivity index (χ0) is 22.6. The number of amides is 1. The summed E-state index contributed by atoms with van der Waals surface area (Å²) in [6.07, 6.45) is 3.03. The van der Waals surface area contributed by atoms with Gasteiger partial charge in [-0.3, -0.25) is 0 Å². The maximum atomic E-state index is 13.1. The van der Waals surface area contributed by atoms with Gasteiger partial charge in [0, 0.05) is 7.05 Å². The fraction of sp³-hybridized carbons (Fsp3) is 0.200. The van der Waals surface area contributed by atoms with E-state index < -0.39 is 20.0 Å². The maximum absolute atomic E-state index is 13.1. The number of nitrogens with one attached hydrogen (secondary N) is 2. The van der Waals surface area contributed by atoms with Crippen LogP contribution in [0.25, 0.3) is 5.52 Å². The fourth-order valence-electron chi connectivity index (χ4n) is 2.71. The quantitative estimate of drug-likeness (QED) is 0.373. The number of halogens is 4. The molecule has 0 spiro atoms. The number of anilines is 1. The van der Waals surface area contributed by atoms with E-state index in [1.807, 2.05) is 0 Å². The van der Waals surface area contributed by atoms with Crippen LogP contribution in [0.2, 0.25) is 0 Å². The summed E-state index contributed by atoms with van der Waals surface area (Å²) in [6, 6.07) is 6.56. The monoisotopic (exact) mass is 560 g/mol. The topological polar surface area (TPSA) is 67.7 Å². The Kier molecular flexibility index (Phi) is 7.15. The number of hydrogen-bond acceptors (Lipinski definition) is 4. The molecule has 0 atom stereocenters. The van der Waals surface area contributed by atoms with Gasteiger partial charge >= 0.3 is 184 Å². The second-order valence-electron chi connectivity index (χ2n) is 6.03. The summed E-state index contributed by atoms with van der Waals surface area (Å²) in [7, 11) is 2.95. The minimum atomic E-state index is -4.30. The number of fused-ring (bicyclic) bond motifs is 1. The van der Waals surface area contributed by atoms with Crippen LogP contribution in [0.5, 0.6) is 5.75 Å². The minimum absolute atomic E-state index is 0.137. The number of pyridine rings is 2. The van der Waals surface area contributed by atoms with E-state index in [1.165, 1.54) is 30.8 Å². The predicted octanol–water partition coefficient (Wildman–Crippen LogP) is 2.78. The summed E-state index contributed by atoms with van der Waals surface area (Å²) < 4.78 is 47.0. The third-order valence-corrected chi connectivity index (χ3v) is 6.50. The third kappa shape index (κ3) is 5.53. The van der Waals surface area contributed by atoms with E-state index in [4.69, 9.17) is 4.74 Å². The van der Waals surface area contributed by atoms with Crippen molar-refractivity contribution in [3.63, 3.8) is 0 Å². The van der Waals surface area contributed by atoms with Crippen LogP contribution in [-0.2, 0) is 0 Å². The number of hydrogen-bond donors (Lipinski definition) is 2. The van der Waals surface area contributed by atoms with E-state index in [1.54, 1.807) is 24.4 Å². The normalized spacial score (nSPS) is 11.0. The van der Waals surface area contributed by atoms with Gasteiger partial charge in [0.25, 0.3) is 0 Å². The Balaban J connectivity index is 1.84. The van der Waals surface area contributed by atoms with Crippen molar-refractivity contribution in [3.8, 4) is 17.6 Å². The van der Waals surface area contributed by atoms with Gasteiger partial charge in [-0.15, -0.1) is 0 Å².